The second kappa shape index (κ2) is 6.47. The SMILES string of the molecule is CN(c1cc(C2CC2)nc(S(C)(=O)=O)n1)C1CCN(C(=O)C(F)F)C1. The number of anilines is 1. The van der Waals surface area contributed by atoms with E-state index >= 15 is 0 Å². The smallest absolute Gasteiger partial charge is 0.315 e. The van der Waals surface area contributed by atoms with Crippen LogP contribution in [0.5, 0.6) is 0 Å². The fourth-order valence-electron chi connectivity index (χ4n) is 2.95. The maximum atomic E-state index is 12.6. The highest BCUT2D eigenvalue weighted by molar-refractivity contribution is 7.90. The molecule has 138 valence electrons. The minimum Gasteiger partial charge on any atom is -0.355 e. The number of sulfone groups is 1. The number of halogens is 2. The molecule has 1 unspecified atom stereocenters. The highest BCUT2D eigenvalue weighted by Gasteiger charge is 2.34. The van der Waals surface area contributed by atoms with Crippen LogP contribution in [0.3, 0.4) is 0 Å². The van der Waals surface area contributed by atoms with Gasteiger partial charge in [-0.3, -0.25) is 4.79 Å². The van der Waals surface area contributed by atoms with Crippen molar-refractivity contribution in [3.63, 3.8) is 0 Å². The molecular weight excluding hydrogens is 354 g/mol. The summed E-state index contributed by atoms with van der Waals surface area (Å²) >= 11 is 0. The summed E-state index contributed by atoms with van der Waals surface area (Å²) in [5.41, 5.74) is 0.691. The monoisotopic (exact) mass is 374 g/mol. The van der Waals surface area contributed by atoms with Crippen LogP contribution in [0.25, 0.3) is 0 Å². The van der Waals surface area contributed by atoms with Gasteiger partial charge in [-0.1, -0.05) is 0 Å². The first-order chi connectivity index (χ1) is 11.7. The summed E-state index contributed by atoms with van der Waals surface area (Å²) in [6, 6.07) is 1.56. The molecule has 3 rings (SSSR count). The van der Waals surface area contributed by atoms with E-state index in [9.17, 15) is 22.0 Å². The van der Waals surface area contributed by atoms with Gasteiger partial charge in [0.15, 0.2) is 0 Å². The number of likely N-dealkylation sites (N-methyl/N-ethyl adjacent to an activating group) is 1. The standard InChI is InChI=1S/C15H20F2N4O3S/c1-20(10-5-6-21(8-10)14(22)13(16)17)12-7-11(9-3-4-9)18-15(19-12)25(2,23)24/h7,9-10,13H,3-6,8H2,1-2H3. The van der Waals surface area contributed by atoms with Crippen molar-refractivity contribution in [1.82, 2.24) is 14.9 Å². The lowest BCUT2D eigenvalue weighted by molar-refractivity contribution is -0.141. The molecule has 2 aliphatic rings. The molecular formula is C15H20F2N4O3S. The number of hydrogen-bond acceptors (Lipinski definition) is 6. The van der Waals surface area contributed by atoms with Gasteiger partial charge in [-0.05, 0) is 19.3 Å². The van der Waals surface area contributed by atoms with Crippen LogP contribution in [0.4, 0.5) is 14.6 Å². The summed E-state index contributed by atoms with van der Waals surface area (Å²) in [5.74, 6) is -0.487. The summed E-state index contributed by atoms with van der Waals surface area (Å²) < 4.78 is 48.9. The first-order valence-electron chi connectivity index (χ1n) is 8.05. The lowest BCUT2D eigenvalue weighted by atomic mass is 10.2. The Kier molecular flexibility index (Phi) is 4.65. The predicted octanol–water partition coefficient (Wildman–Crippen LogP) is 1.06. The van der Waals surface area contributed by atoms with E-state index in [0.29, 0.717) is 17.9 Å². The highest BCUT2D eigenvalue weighted by atomic mass is 32.2. The molecule has 25 heavy (non-hydrogen) atoms. The number of carbonyl (C=O) groups excluding carboxylic acids is 1. The van der Waals surface area contributed by atoms with Crippen molar-refractivity contribution >= 4 is 21.6 Å². The van der Waals surface area contributed by atoms with Crippen LogP contribution in [0.15, 0.2) is 11.2 Å². The lowest BCUT2D eigenvalue weighted by Crippen LogP contribution is -2.39. The fourth-order valence-corrected chi connectivity index (χ4v) is 3.48. The molecule has 1 aliphatic heterocycles. The minimum atomic E-state index is -3.56. The van der Waals surface area contributed by atoms with Crippen molar-refractivity contribution in [2.24, 2.45) is 0 Å². The summed E-state index contributed by atoms with van der Waals surface area (Å²) in [5, 5.41) is -0.225. The maximum Gasteiger partial charge on any atom is 0.315 e. The van der Waals surface area contributed by atoms with Crippen molar-refractivity contribution in [3.8, 4) is 0 Å². The predicted molar refractivity (Wildman–Crippen MR) is 86.5 cm³/mol. The molecule has 0 aromatic carbocycles. The zero-order valence-corrected chi connectivity index (χ0v) is 14.8. The number of nitrogens with zero attached hydrogens (tertiary/aromatic N) is 4. The van der Waals surface area contributed by atoms with Gasteiger partial charge in [0.05, 0.1) is 5.69 Å². The molecule has 1 aromatic rings. The van der Waals surface area contributed by atoms with Crippen molar-refractivity contribution in [1.29, 1.82) is 0 Å². The number of likely N-dealkylation sites (tertiary alicyclic amines) is 1. The zero-order valence-electron chi connectivity index (χ0n) is 14.0. The average Bonchev–Trinajstić information content (AvgIpc) is 3.29. The van der Waals surface area contributed by atoms with Crippen LogP contribution >= 0.6 is 0 Å². The van der Waals surface area contributed by atoms with Crippen molar-refractivity contribution in [3.05, 3.63) is 11.8 Å². The molecule has 0 spiro atoms. The molecule has 1 amide bonds. The van der Waals surface area contributed by atoms with Gasteiger partial charge in [0.2, 0.25) is 15.0 Å². The molecule has 0 bridgehead atoms. The third-order valence-corrected chi connectivity index (χ3v) is 5.46. The molecule has 0 radical (unpaired) electrons. The fraction of sp³-hybridized carbons (Fsp3) is 0.667. The minimum absolute atomic E-state index is 0.163. The van der Waals surface area contributed by atoms with E-state index in [1.807, 2.05) is 0 Å². The van der Waals surface area contributed by atoms with E-state index in [1.54, 1.807) is 18.0 Å². The van der Waals surface area contributed by atoms with E-state index in [4.69, 9.17) is 0 Å². The van der Waals surface area contributed by atoms with E-state index < -0.39 is 22.2 Å². The Morgan fingerprint density at radius 2 is 2.00 bits per heavy atom. The van der Waals surface area contributed by atoms with E-state index in [1.165, 1.54) is 0 Å². The Morgan fingerprint density at radius 1 is 1.32 bits per heavy atom. The van der Waals surface area contributed by atoms with Gasteiger partial charge in [-0.25, -0.2) is 18.4 Å². The number of alkyl halides is 2. The van der Waals surface area contributed by atoms with E-state index in [2.05, 4.69) is 9.97 Å². The normalized spacial score (nSPS) is 21.0. The van der Waals surface area contributed by atoms with Gasteiger partial charge in [0, 0.05) is 44.4 Å². The van der Waals surface area contributed by atoms with Crippen LogP contribution in [0.1, 0.15) is 30.9 Å². The Hall–Kier alpha value is -1.84. The first-order valence-corrected chi connectivity index (χ1v) is 9.94. The van der Waals surface area contributed by atoms with Gasteiger partial charge in [0.1, 0.15) is 5.82 Å². The highest BCUT2D eigenvalue weighted by Crippen LogP contribution is 2.40. The number of hydrogen-bond donors (Lipinski definition) is 0. The third kappa shape index (κ3) is 3.88. The molecule has 7 nitrogen and oxygen atoms in total. The zero-order chi connectivity index (χ0) is 18.4. The van der Waals surface area contributed by atoms with Gasteiger partial charge >= 0.3 is 6.43 Å². The van der Waals surface area contributed by atoms with Gasteiger partial charge in [0.25, 0.3) is 5.91 Å². The largest absolute Gasteiger partial charge is 0.355 e. The Bertz CT molecular complexity index is 783. The van der Waals surface area contributed by atoms with Crippen molar-refractivity contribution < 1.29 is 22.0 Å². The second-order valence-electron chi connectivity index (χ2n) is 6.62. The number of amides is 1. The van der Waals surface area contributed by atoms with Gasteiger partial charge in [-0.2, -0.15) is 8.78 Å². The van der Waals surface area contributed by atoms with Crippen LogP contribution < -0.4 is 4.90 Å². The number of carbonyl (C=O) groups is 1. The lowest BCUT2D eigenvalue weighted by Gasteiger charge is -2.26. The van der Waals surface area contributed by atoms with Crippen LogP contribution in [0.2, 0.25) is 0 Å². The molecule has 0 N–H and O–H groups in total. The van der Waals surface area contributed by atoms with Crippen LogP contribution in [-0.2, 0) is 14.6 Å². The molecule has 1 aromatic heterocycles. The van der Waals surface area contributed by atoms with E-state index in [-0.39, 0.29) is 30.2 Å². The second-order valence-corrected chi connectivity index (χ2v) is 8.53. The Balaban J connectivity index is 1.83. The quantitative estimate of drug-likeness (QED) is 0.717. The number of rotatable bonds is 5. The Morgan fingerprint density at radius 3 is 2.56 bits per heavy atom. The summed E-state index contributed by atoms with van der Waals surface area (Å²) in [6.45, 7) is 0.411. The Labute approximate surface area is 145 Å². The summed E-state index contributed by atoms with van der Waals surface area (Å²) in [7, 11) is -1.83. The van der Waals surface area contributed by atoms with Crippen LogP contribution in [-0.4, -0.2) is 68.1 Å². The van der Waals surface area contributed by atoms with Crippen LogP contribution in [0, 0.1) is 0 Å². The molecule has 1 aliphatic carbocycles. The maximum absolute atomic E-state index is 12.6. The summed E-state index contributed by atoms with van der Waals surface area (Å²) in [6.07, 6.45) is 0.488. The van der Waals surface area contributed by atoms with Crippen molar-refractivity contribution in [2.45, 2.75) is 42.8 Å². The molecule has 1 saturated heterocycles. The van der Waals surface area contributed by atoms with E-state index in [0.717, 1.165) is 24.0 Å². The average molecular weight is 374 g/mol. The molecule has 2 heterocycles. The molecule has 1 atom stereocenters. The van der Waals surface area contributed by atoms with Crippen molar-refractivity contribution in [2.75, 3.05) is 31.3 Å². The number of aromatic nitrogens is 2. The molecule has 10 heteroatoms. The van der Waals surface area contributed by atoms with Gasteiger partial charge in [-0.15, -0.1) is 0 Å². The molecule has 1 saturated carbocycles. The topological polar surface area (TPSA) is 83.5 Å². The van der Waals surface area contributed by atoms with Gasteiger partial charge < -0.3 is 9.80 Å². The first kappa shape index (κ1) is 18.0. The third-order valence-electron chi connectivity index (χ3n) is 4.61. The molecule has 2 fully saturated rings. The summed E-state index contributed by atoms with van der Waals surface area (Å²) in [4.78, 5) is 22.6.